The van der Waals surface area contributed by atoms with Crippen molar-refractivity contribution >= 4 is 22.4 Å². The SMILES string of the molecule is Nc1c(-c2ccc3ncccc3c2)nc2ccc(F)cn12. The number of rotatable bonds is 1. The number of nitrogens with two attached hydrogens (primary N) is 1. The third-order valence-corrected chi connectivity index (χ3v) is 3.50. The highest BCUT2D eigenvalue weighted by atomic mass is 19.1. The van der Waals surface area contributed by atoms with E-state index in [2.05, 4.69) is 9.97 Å². The zero-order chi connectivity index (χ0) is 14.4. The van der Waals surface area contributed by atoms with E-state index in [9.17, 15) is 4.39 Å². The van der Waals surface area contributed by atoms with E-state index in [1.807, 2.05) is 30.3 Å². The molecule has 0 fully saturated rings. The molecule has 0 radical (unpaired) electrons. The Labute approximate surface area is 119 Å². The van der Waals surface area contributed by atoms with Gasteiger partial charge in [0.15, 0.2) is 0 Å². The van der Waals surface area contributed by atoms with Gasteiger partial charge in [-0.15, -0.1) is 0 Å². The average Bonchev–Trinajstić information content (AvgIpc) is 2.84. The summed E-state index contributed by atoms with van der Waals surface area (Å²) in [5.41, 5.74) is 9.17. The van der Waals surface area contributed by atoms with Crippen LogP contribution in [0, 0.1) is 5.82 Å². The molecule has 0 amide bonds. The first-order chi connectivity index (χ1) is 10.2. The lowest BCUT2D eigenvalue weighted by Crippen LogP contribution is -1.94. The minimum atomic E-state index is -0.346. The molecule has 4 nitrogen and oxygen atoms in total. The maximum absolute atomic E-state index is 13.3. The minimum absolute atomic E-state index is 0.346. The number of hydrogen-bond acceptors (Lipinski definition) is 3. The van der Waals surface area contributed by atoms with E-state index in [0.717, 1.165) is 16.5 Å². The summed E-state index contributed by atoms with van der Waals surface area (Å²) in [6, 6.07) is 12.7. The second-order valence-electron chi connectivity index (χ2n) is 4.83. The van der Waals surface area contributed by atoms with Crippen LogP contribution >= 0.6 is 0 Å². The van der Waals surface area contributed by atoms with Crippen molar-refractivity contribution in [2.24, 2.45) is 0 Å². The van der Waals surface area contributed by atoms with Gasteiger partial charge in [0.1, 0.15) is 23.0 Å². The summed E-state index contributed by atoms with van der Waals surface area (Å²) in [7, 11) is 0. The lowest BCUT2D eigenvalue weighted by atomic mass is 10.1. The summed E-state index contributed by atoms with van der Waals surface area (Å²) in [6.45, 7) is 0. The zero-order valence-electron chi connectivity index (χ0n) is 11.0. The van der Waals surface area contributed by atoms with E-state index in [4.69, 9.17) is 5.73 Å². The van der Waals surface area contributed by atoms with Crippen LogP contribution in [-0.4, -0.2) is 14.4 Å². The van der Waals surface area contributed by atoms with Crippen molar-refractivity contribution < 1.29 is 4.39 Å². The van der Waals surface area contributed by atoms with Crippen molar-refractivity contribution in [2.75, 3.05) is 5.73 Å². The number of imidazole rings is 1. The highest BCUT2D eigenvalue weighted by molar-refractivity contribution is 5.86. The van der Waals surface area contributed by atoms with Crippen LogP contribution in [0.1, 0.15) is 0 Å². The van der Waals surface area contributed by atoms with Gasteiger partial charge in [-0.2, -0.15) is 0 Å². The van der Waals surface area contributed by atoms with Gasteiger partial charge >= 0.3 is 0 Å². The van der Waals surface area contributed by atoms with E-state index in [-0.39, 0.29) is 5.82 Å². The fraction of sp³-hybridized carbons (Fsp3) is 0. The summed E-state index contributed by atoms with van der Waals surface area (Å²) in [4.78, 5) is 8.77. The Morgan fingerprint density at radius 3 is 2.90 bits per heavy atom. The van der Waals surface area contributed by atoms with E-state index in [1.54, 1.807) is 16.7 Å². The average molecular weight is 278 g/mol. The van der Waals surface area contributed by atoms with Crippen LogP contribution in [0.3, 0.4) is 0 Å². The second kappa shape index (κ2) is 4.28. The molecule has 3 heterocycles. The molecule has 0 spiro atoms. The van der Waals surface area contributed by atoms with Crippen molar-refractivity contribution in [3.8, 4) is 11.3 Å². The van der Waals surface area contributed by atoms with Gasteiger partial charge in [0.2, 0.25) is 0 Å². The summed E-state index contributed by atoms with van der Waals surface area (Å²) < 4.78 is 14.9. The van der Waals surface area contributed by atoms with Crippen LogP contribution in [-0.2, 0) is 0 Å². The Kier molecular flexibility index (Phi) is 2.41. The van der Waals surface area contributed by atoms with Crippen LogP contribution in [0.15, 0.2) is 54.9 Å². The summed E-state index contributed by atoms with van der Waals surface area (Å²) in [6.07, 6.45) is 3.09. The monoisotopic (exact) mass is 278 g/mol. The second-order valence-corrected chi connectivity index (χ2v) is 4.83. The molecule has 0 saturated heterocycles. The number of benzene rings is 1. The molecule has 3 aromatic heterocycles. The molecular weight excluding hydrogens is 267 g/mol. The number of fused-ring (bicyclic) bond motifs is 2. The Bertz CT molecular complexity index is 975. The number of nitrogens with zero attached hydrogens (tertiary/aromatic N) is 3. The highest BCUT2D eigenvalue weighted by Gasteiger charge is 2.12. The molecule has 4 rings (SSSR count). The van der Waals surface area contributed by atoms with Gasteiger partial charge in [-0.3, -0.25) is 9.38 Å². The van der Waals surface area contributed by atoms with Gasteiger partial charge < -0.3 is 5.73 Å². The van der Waals surface area contributed by atoms with Crippen molar-refractivity contribution in [1.29, 1.82) is 0 Å². The summed E-state index contributed by atoms with van der Waals surface area (Å²) in [5.74, 6) is 0.0774. The van der Waals surface area contributed by atoms with Crippen LogP contribution < -0.4 is 5.73 Å². The molecule has 0 aliphatic rings. The largest absolute Gasteiger partial charge is 0.383 e. The third kappa shape index (κ3) is 1.82. The van der Waals surface area contributed by atoms with Crippen molar-refractivity contribution in [2.45, 2.75) is 0 Å². The quantitative estimate of drug-likeness (QED) is 0.581. The molecule has 5 heteroatoms. The first-order valence-corrected chi connectivity index (χ1v) is 6.50. The van der Waals surface area contributed by atoms with Crippen LogP contribution in [0.4, 0.5) is 10.2 Å². The smallest absolute Gasteiger partial charge is 0.140 e. The van der Waals surface area contributed by atoms with Gasteiger partial charge in [0.25, 0.3) is 0 Å². The predicted molar refractivity (Wildman–Crippen MR) is 80.3 cm³/mol. The fourth-order valence-corrected chi connectivity index (χ4v) is 2.47. The van der Waals surface area contributed by atoms with Gasteiger partial charge in [-0.1, -0.05) is 12.1 Å². The molecule has 102 valence electrons. The zero-order valence-corrected chi connectivity index (χ0v) is 11.0. The topological polar surface area (TPSA) is 56.2 Å². The Morgan fingerprint density at radius 2 is 2.00 bits per heavy atom. The number of nitrogen functional groups attached to an aromatic ring is 1. The Hall–Kier alpha value is -2.95. The summed E-state index contributed by atoms with van der Waals surface area (Å²) in [5, 5.41) is 1.01. The van der Waals surface area contributed by atoms with E-state index in [0.29, 0.717) is 17.2 Å². The maximum atomic E-state index is 13.3. The lowest BCUT2D eigenvalue weighted by Gasteiger charge is -2.02. The lowest BCUT2D eigenvalue weighted by molar-refractivity contribution is 0.619. The molecule has 0 aliphatic carbocycles. The molecule has 0 atom stereocenters. The molecular formula is C16H11FN4. The number of hydrogen-bond donors (Lipinski definition) is 1. The minimum Gasteiger partial charge on any atom is -0.383 e. The van der Waals surface area contributed by atoms with Crippen LogP contribution in [0.5, 0.6) is 0 Å². The molecule has 0 bridgehead atoms. The number of anilines is 1. The predicted octanol–water partition coefficient (Wildman–Crippen LogP) is 3.27. The molecule has 21 heavy (non-hydrogen) atoms. The first-order valence-electron chi connectivity index (χ1n) is 6.50. The van der Waals surface area contributed by atoms with Gasteiger partial charge in [0, 0.05) is 23.3 Å². The van der Waals surface area contributed by atoms with Crippen LogP contribution in [0.2, 0.25) is 0 Å². The van der Waals surface area contributed by atoms with E-state index >= 15 is 0 Å². The van der Waals surface area contributed by atoms with Crippen molar-refractivity contribution in [1.82, 2.24) is 14.4 Å². The normalized spacial score (nSPS) is 11.3. The molecule has 0 unspecified atom stereocenters. The van der Waals surface area contributed by atoms with Crippen molar-refractivity contribution in [3.05, 3.63) is 60.7 Å². The van der Waals surface area contributed by atoms with E-state index < -0.39 is 0 Å². The first kappa shape index (κ1) is 11.8. The Morgan fingerprint density at radius 1 is 1.10 bits per heavy atom. The number of pyridine rings is 2. The number of aromatic nitrogens is 3. The van der Waals surface area contributed by atoms with Gasteiger partial charge in [-0.05, 0) is 30.3 Å². The molecule has 1 aromatic carbocycles. The molecule has 2 N–H and O–H groups in total. The number of halogens is 1. The molecule has 0 saturated carbocycles. The van der Waals surface area contributed by atoms with Gasteiger partial charge in [-0.25, -0.2) is 9.37 Å². The van der Waals surface area contributed by atoms with Crippen molar-refractivity contribution in [3.63, 3.8) is 0 Å². The summed E-state index contributed by atoms with van der Waals surface area (Å²) >= 11 is 0. The molecule has 0 aliphatic heterocycles. The fourth-order valence-electron chi connectivity index (χ4n) is 2.47. The van der Waals surface area contributed by atoms with Crippen LogP contribution in [0.25, 0.3) is 27.8 Å². The standard InChI is InChI=1S/C16H11FN4/c17-12-4-6-14-20-15(16(18)21(14)9-12)11-3-5-13-10(8-11)2-1-7-19-13/h1-9H,18H2. The highest BCUT2D eigenvalue weighted by Crippen LogP contribution is 2.28. The molecule has 4 aromatic rings. The maximum Gasteiger partial charge on any atom is 0.140 e. The van der Waals surface area contributed by atoms with Gasteiger partial charge in [0.05, 0.1) is 5.52 Å². The van der Waals surface area contributed by atoms with E-state index in [1.165, 1.54) is 12.3 Å². The third-order valence-electron chi connectivity index (χ3n) is 3.50. The Balaban J connectivity index is 1.97.